The third-order valence-corrected chi connectivity index (χ3v) is 8.36. The summed E-state index contributed by atoms with van der Waals surface area (Å²) in [6, 6.07) is 17.7. The lowest BCUT2D eigenvalue weighted by molar-refractivity contribution is -0.202. The van der Waals surface area contributed by atoms with Crippen LogP contribution in [0.4, 0.5) is 17.6 Å². The molecule has 1 aliphatic carbocycles. The van der Waals surface area contributed by atoms with Gasteiger partial charge in [0, 0.05) is 17.5 Å². The first-order valence-electron chi connectivity index (χ1n) is 12.3. The SMILES string of the molecule is O=C(OC(=O)C(F)(F)F)C1CC(c2ccc(-c3nc4ccc(C5(c6ccccc6)CC5)nc4s3)c(F)c2)CN1. The normalized spacial score (nSPS) is 20.2. The topological polar surface area (TPSA) is 81.2 Å². The van der Waals surface area contributed by atoms with Gasteiger partial charge in [0.2, 0.25) is 0 Å². The summed E-state index contributed by atoms with van der Waals surface area (Å²) in [5, 5.41) is 3.23. The number of halogens is 4. The van der Waals surface area contributed by atoms with E-state index in [1.165, 1.54) is 23.0 Å². The molecule has 11 heteroatoms. The minimum absolute atomic E-state index is 0.0692. The molecule has 0 amide bonds. The molecule has 4 aromatic rings. The van der Waals surface area contributed by atoms with Gasteiger partial charge in [-0.1, -0.05) is 47.7 Å². The van der Waals surface area contributed by atoms with Crippen LogP contribution in [0, 0.1) is 5.82 Å². The molecule has 2 aromatic heterocycles. The summed E-state index contributed by atoms with van der Waals surface area (Å²) in [7, 11) is 0. The maximum absolute atomic E-state index is 15.2. The molecule has 2 unspecified atom stereocenters. The molecular formula is C28H21F4N3O3S. The highest BCUT2D eigenvalue weighted by molar-refractivity contribution is 7.21. The van der Waals surface area contributed by atoms with E-state index in [1.54, 1.807) is 12.1 Å². The maximum Gasteiger partial charge on any atom is 0.491 e. The lowest BCUT2D eigenvalue weighted by atomic mass is 9.92. The fourth-order valence-corrected chi connectivity index (χ4v) is 6.09. The molecule has 1 saturated heterocycles. The van der Waals surface area contributed by atoms with Gasteiger partial charge in [-0.05, 0) is 60.6 Å². The summed E-state index contributed by atoms with van der Waals surface area (Å²) < 4.78 is 56.3. The number of hydrogen-bond donors (Lipinski definition) is 1. The van der Waals surface area contributed by atoms with E-state index in [0.29, 0.717) is 21.7 Å². The number of alkyl halides is 3. The summed E-state index contributed by atoms with van der Waals surface area (Å²) >= 11 is 1.31. The van der Waals surface area contributed by atoms with Crippen LogP contribution in [-0.4, -0.2) is 40.7 Å². The monoisotopic (exact) mass is 555 g/mol. The molecule has 0 spiro atoms. The second-order valence-electron chi connectivity index (χ2n) is 9.83. The van der Waals surface area contributed by atoms with Crippen LogP contribution in [0.3, 0.4) is 0 Å². The standard InChI is InChI=1S/C28H21F4N3O3S/c29-19-12-15(16-13-21(33-14-16)25(36)38-26(37)28(30,31)32)6-7-18(19)23-34-20-8-9-22(35-24(20)39-23)27(10-11-27)17-4-2-1-3-5-17/h1-9,12,16,21,33H,10-11,13-14H2. The Hall–Kier alpha value is -3.70. The Morgan fingerprint density at radius 2 is 1.79 bits per heavy atom. The van der Waals surface area contributed by atoms with Gasteiger partial charge in [-0.2, -0.15) is 13.2 Å². The molecule has 0 bridgehead atoms. The van der Waals surface area contributed by atoms with Crippen LogP contribution in [0.25, 0.3) is 20.9 Å². The predicted molar refractivity (Wildman–Crippen MR) is 136 cm³/mol. The van der Waals surface area contributed by atoms with Crippen LogP contribution in [0.15, 0.2) is 60.7 Å². The molecule has 6 nitrogen and oxygen atoms in total. The van der Waals surface area contributed by atoms with Gasteiger partial charge in [-0.15, -0.1) is 0 Å². The highest BCUT2D eigenvalue weighted by Gasteiger charge is 2.47. The molecule has 2 atom stereocenters. The minimum Gasteiger partial charge on any atom is -0.385 e. The van der Waals surface area contributed by atoms with Crippen molar-refractivity contribution in [2.45, 2.75) is 42.8 Å². The van der Waals surface area contributed by atoms with E-state index in [2.05, 4.69) is 27.2 Å². The molecule has 0 radical (unpaired) electrons. The van der Waals surface area contributed by atoms with Crippen LogP contribution in [0.2, 0.25) is 0 Å². The van der Waals surface area contributed by atoms with Crippen LogP contribution >= 0.6 is 11.3 Å². The first kappa shape index (κ1) is 25.6. The number of ether oxygens (including phenoxy) is 1. The summed E-state index contributed by atoms with van der Waals surface area (Å²) in [5.41, 5.74) is 3.68. The van der Waals surface area contributed by atoms with E-state index in [1.807, 2.05) is 30.3 Å². The first-order valence-corrected chi connectivity index (χ1v) is 13.2. The van der Waals surface area contributed by atoms with Crippen molar-refractivity contribution in [1.82, 2.24) is 15.3 Å². The third-order valence-electron chi connectivity index (χ3n) is 7.36. The van der Waals surface area contributed by atoms with E-state index >= 15 is 4.39 Å². The number of carbonyl (C=O) groups excluding carboxylic acids is 2. The van der Waals surface area contributed by atoms with Gasteiger partial charge in [0.05, 0.1) is 5.69 Å². The van der Waals surface area contributed by atoms with Crippen LogP contribution in [-0.2, 0) is 19.7 Å². The zero-order valence-corrected chi connectivity index (χ0v) is 21.1. The third kappa shape index (κ3) is 4.80. The Morgan fingerprint density at radius 3 is 2.49 bits per heavy atom. The first-order chi connectivity index (χ1) is 18.6. The Bertz CT molecular complexity index is 1580. The number of nitrogens with one attached hydrogen (secondary N) is 1. The summed E-state index contributed by atoms with van der Waals surface area (Å²) in [5.74, 6) is -4.72. The Kier molecular flexibility index (Phi) is 6.22. The average molecular weight is 556 g/mol. The number of nitrogens with zero attached hydrogens (tertiary/aromatic N) is 2. The van der Waals surface area contributed by atoms with Crippen molar-refractivity contribution in [3.63, 3.8) is 0 Å². The predicted octanol–water partition coefficient (Wildman–Crippen LogP) is 5.65. The summed E-state index contributed by atoms with van der Waals surface area (Å²) in [6.45, 7) is 0.218. The van der Waals surface area contributed by atoms with Crippen molar-refractivity contribution >= 4 is 33.6 Å². The largest absolute Gasteiger partial charge is 0.491 e. The minimum atomic E-state index is -5.26. The fraction of sp³-hybridized carbons (Fsp3) is 0.286. The lowest BCUT2D eigenvalue weighted by Gasteiger charge is -2.14. The van der Waals surface area contributed by atoms with Crippen molar-refractivity contribution in [2.75, 3.05) is 6.54 Å². The van der Waals surface area contributed by atoms with Gasteiger partial charge in [0.15, 0.2) is 0 Å². The molecule has 2 aliphatic rings. The molecule has 3 heterocycles. The number of thiazole rings is 1. The van der Waals surface area contributed by atoms with Gasteiger partial charge in [0.25, 0.3) is 0 Å². The molecule has 1 N–H and O–H groups in total. The number of hydrogen-bond acceptors (Lipinski definition) is 7. The van der Waals surface area contributed by atoms with E-state index in [-0.39, 0.29) is 24.3 Å². The molecule has 2 fully saturated rings. The number of rotatable bonds is 5. The van der Waals surface area contributed by atoms with E-state index in [4.69, 9.17) is 4.98 Å². The zero-order chi connectivity index (χ0) is 27.4. The van der Waals surface area contributed by atoms with Gasteiger partial charge in [0.1, 0.15) is 27.2 Å². The highest BCUT2D eigenvalue weighted by atomic mass is 32.1. The summed E-state index contributed by atoms with van der Waals surface area (Å²) in [6.07, 6.45) is -3.15. The quantitative estimate of drug-likeness (QED) is 0.195. The number of esters is 2. The maximum atomic E-state index is 15.2. The smallest absolute Gasteiger partial charge is 0.385 e. The summed E-state index contributed by atoms with van der Waals surface area (Å²) in [4.78, 5) is 33.1. The van der Waals surface area contributed by atoms with Crippen molar-refractivity contribution in [3.05, 3.63) is 83.3 Å². The Labute approximate surface area is 224 Å². The van der Waals surface area contributed by atoms with Gasteiger partial charge in [-0.3, -0.25) is 0 Å². The second kappa shape index (κ2) is 9.49. The van der Waals surface area contributed by atoms with Crippen LogP contribution < -0.4 is 5.32 Å². The van der Waals surface area contributed by atoms with Crippen LogP contribution in [0.5, 0.6) is 0 Å². The van der Waals surface area contributed by atoms with Crippen molar-refractivity contribution < 1.29 is 31.9 Å². The molecule has 6 rings (SSSR count). The number of fused-ring (bicyclic) bond motifs is 1. The number of pyridine rings is 1. The average Bonchev–Trinajstić information content (AvgIpc) is 3.37. The van der Waals surface area contributed by atoms with E-state index in [9.17, 15) is 22.8 Å². The van der Waals surface area contributed by atoms with Crippen molar-refractivity contribution in [2.24, 2.45) is 0 Å². The number of carbonyl (C=O) groups is 2. The number of aromatic nitrogens is 2. The van der Waals surface area contributed by atoms with Crippen molar-refractivity contribution in [3.8, 4) is 10.6 Å². The van der Waals surface area contributed by atoms with Gasteiger partial charge < -0.3 is 10.1 Å². The highest BCUT2D eigenvalue weighted by Crippen LogP contribution is 2.53. The molecule has 2 aromatic carbocycles. The molecule has 39 heavy (non-hydrogen) atoms. The van der Waals surface area contributed by atoms with Crippen LogP contribution in [0.1, 0.15) is 42.0 Å². The van der Waals surface area contributed by atoms with Gasteiger partial charge in [-0.25, -0.2) is 23.9 Å². The molecule has 200 valence electrons. The second-order valence-corrected chi connectivity index (χ2v) is 10.8. The Morgan fingerprint density at radius 1 is 1.03 bits per heavy atom. The molecular weight excluding hydrogens is 534 g/mol. The molecule has 1 saturated carbocycles. The number of benzene rings is 2. The zero-order valence-electron chi connectivity index (χ0n) is 20.3. The lowest BCUT2D eigenvalue weighted by Crippen LogP contribution is -2.37. The van der Waals surface area contributed by atoms with Crippen molar-refractivity contribution in [1.29, 1.82) is 0 Å². The van der Waals surface area contributed by atoms with E-state index in [0.717, 1.165) is 23.4 Å². The van der Waals surface area contributed by atoms with Gasteiger partial charge >= 0.3 is 18.1 Å². The Balaban J connectivity index is 1.19. The van der Waals surface area contributed by atoms with E-state index < -0.39 is 30.0 Å². The fourth-order valence-electron chi connectivity index (χ4n) is 5.12. The molecule has 1 aliphatic heterocycles.